The first-order valence-corrected chi connectivity index (χ1v) is 11.6. The van der Waals surface area contributed by atoms with Crippen LogP contribution in [0.2, 0.25) is 0 Å². The third-order valence-corrected chi connectivity index (χ3v) is 5.43. The van der Waals surface area contributed by atoms with Crippen molar-refractivity contribution in [1.29, 1.82) is 0 Å². The Morgan fingerprint density at radius 3 is 1.94 bits per heavy atom. The van der Waals surface area contributed by atoms with Crippen molar-refractivity contribution in [3.8, 4) is 11.1 Å². The maximum atomic E-state index is 12.9. The lowest BCUT2D eigenvalue weighted by Gasteiger charge is -2.19. The quantitative estimate of drug-likeness (QED) is 0.154. The van der Waals surface area contributed by atoms with Gasteiger partial charge in [0.15, 0.2) is 0 Å². The number of hydrogen-bond donors (Lipinski definition) is 5. The first kappa shape index (κ1) is 25.5. The van der Waals surface area contributed by atoms with Crippen molar-refractivity contribution in [2.75, 3.05) is 10.6 Å². The zero-order valence-corrected chi connectivity index (χ0v) is 19.4. The minimum absolute atomic E-state index is 0.199. The number of hydrogen-bond acceptors (Lipinski definition) is 4. The number of urea groups is 1. The number of carbonyl (C=O) groups excluding carboxylic acids is 3. The molecule has 35 heavy (non-hydrogen) atoms. The second-order valence-electron chi connectivity index (χ2n) is 8.08. The van der Waals surface area contributed by atoms with Crippen LogP contribution in [0.4, 0.5) is 16.2 Å². The molecule has 8 heteroatoms. The maximum Gasteiger partial charge on any atom is 0.319 e. The van der Waals surface area contributed by atoms with E-state index in [0.717, 1.165) is 11.1 Å². The molecule has 3 rings (SSSR count). The minimum Gasteiger partial charge on any atom is -0.326 e. The Balaban J connectivity index is 1.57. The topological polar surface area (TPSA) is 120 Å². The summed E-state index contributed by atoms with van der Waals surface area (Å²) in [6.07, 6.45) is 2.47. The highest BCUT2D eigenvalue weighted by Gasteiger charge is 2.21. The van der Waals surface area contributed by atoms with E-state index in [-0.39, 0.29) is 12.3 Å². The smallest absolute Gasteiger partial charge is 0.319 e. The Bertz CT molecular complexity index is 1090. The van der Waals surface area contributed by atoms with Gasteiger partial charge < -0.3 is 16.0 Å². The molecule has 4 amide bonds. The van der Waals surface area contributed by atoms with Crippen LogP contribution in [-0.4, -0.2) is 29.1 Å². The predicted octanol–water partition coefficient (Wildman–Crippen LogP) is 4.94. The van der Waals surface area contributed by atoms with Gasteiger partial charge in [0.2, 0.25) is 11.8 Å². The number of rotatable bonds is 11. The highest BCUT2D eigenvalue weighted by atomic mass is 16.5. The second kappa shape index (κ2) is 13.5. The van der Waals surface area contributed by atoms with Crippen molar-refractivity contribution in [2.45, 2.75) is 38.1 Å². The lowest BCUT2D eigenvalue weighted by molar-refractivity contribution is -0.129. The van der Waals surface area contributed by atoms with Crippen molar-refractivity contribution >= 4 is 29.2 Å². The molecule has 0 fully saturated rings. The fourth-order valence-corrected chi connectivity index (χ4v) is 3.59. The summed E-state index contributed by atoms with van der Waals surface area (Å²) in [5.41, 5.74) is 4.97. The number of hydroxylamine groups is 1. The van der Waals surface area contributed by atoms with Crippen molar-refractivity contribution < 1.29 is 19.6 Å². The van der Waals surface area contributed by atoms with Crippen LogP contribution in [0.25, 0.3) is 11.1 Å². The molecule has 3 aromatic rings. The van der Waals surface area contributed by atoms with Gasteiger partial charge in [0.05, 0.1) is 0 Å². The van der Waals surface area contributed by atoms with Gasteiger partial charge >= 0.3 is 6.03 Å². The Kier molecular flexibility index (Phi) is 9.83. The van der Waals surface area contributed by atoms with E-state index >= 15 is 0 Å². The van der Waals surface area contributed by atoms with E-state index < -0.39 is 18.0 Å². The Morgan fingerprint density at radius 2 is 1.29 bits per heavy atom. The van der Waals surface area contributed by atoms with E-state index in [1.807, 2.05) is 72.8 Å². The van der Waals surface area contributed by atoms with Crippen LogP contribution in [0.5, 0.6) is 0 Å². The molecule has 1 atom stereocenters. The van der Waals surface area contributed by atoms with Crippen molar-refractivity contribution in [3.05, 3.63) is 84.9 Å². The summed E-state index contributed by atoms with van der Waals surface area (Å²) < 4.78 is 0. The standard InChI is InChI=1S/C27H30N4O4/c32-25(31-35)15-9-3-8-14-24(26(33)28-22-12-6-2-7-13-22)30-27(34)29-23-18-16-21(17-19-23)20-10-4-1-5-11-20/h1-2,4-7,10-13,16-19,24,35H,3,8-9,14-15H2,(H,28,33)(H,31,32)(H2,29,30,34)/t24-/m0/s1. The summed E-state index contributed by atoms with van der Waals surface area (Å²) >= 11 is 0. The molecule has 0 unspecified atom stereocenters. The molecular formula is C27H30N4O4. The Morgan fingerprint density at radius 1 is 0.686 bits per heavy atom. The van der Waals surface area contributed by atoms with E-state index in [4.69, 9.17) is 5.21 Å². The van der Waals surface area contributed by atoms with Gasteiger partial charge in [0.1, 0.15) is 6.04 Å². The number of benzene rings is 3. The van der Waals surface area contributed by atoms with Gasteiger partial charge in [0, 0.05) is 17.8 Å². The van der Waals surface area contributed by atoms with Crippen LogP contribution in [0.3, 0.4) is 0 Å². The van der Waals surface area contributed by atoms with E-state index in [9.17, 15) is 14.4 Å². The lowest BCUT2D eigenvalue weighted by atomic mass is 10.1. The SMILES string of the molecule is O=C(CCCCC[C@H](NC(=O)Nc1ccc(-c2ccccc2)cc1)C(=O)Nc1ccccc1)NO. The molecular weight excluding hydrogens is 444 g/mol. The first-order chi connectivity index (χ1) is 17.0. The summed E-state index contributed by atoms with van der Waals surface area (Å²) in [6.45, 7) is 0. The fraction of sp³-hybridized carbons (Fsp3) is 0.222. The van der Waals surface area contributed by atoms with Crippen molar-refractivity contribution in [1.82, 2.24) is 10.8 Å². The number of unbranched alkanes of at least 4 members (excludes halogenated alkanes) is 2. The Hall–Kier alpha value is -4.17. The van der Waals surface area contributed by atoms with Crippen LogP contribution in [0, 0.1) is 0 Å². The van der Waals surface area contributed by atoms with Crippen LogP contribution in [-0.2, 0) is 9.59 Å². The van der Waals surface area contributed by atoms with Gasteiger partial charge in [-0.2, -0.15) is 0 Å². The van der Waals surface area contributed by atoms with Crippen LogP contribution < -0.4 is 21.4 Å². The normalized spacial score (nSPS) is 11.2. The highest BCUT2D eigenvalue weighted by Crippen LogP contribution is 2.21. The van der Waals surface area contributed by atoms with E-state index in [2.05, 4.69) is 16.0 Å². The molecule has 0 spiro atoms. The zero-order valence-electron chi connectivity index (χ0n) is 19.4. The highest BCUT2D eigenvalue weighted by molar-refractivity contribution is 5.99. The fourth-order valence-electron chi connectivity index (χ4n) is 3.59. The van der Waals surface area contributed by atoms with Crippen LogP contribution >= 0.6 is 0 Å². The summed E-state index contributed by atoms with van der Waals surface area (Å²) in [5, 5.41) is 16.9. The first-order valence-electron chi connectivity index (χ1n) is 11.6. The summed E-state index contributed by atoms with van der Waals surface area (Å²) in [5.74, 6) is -0.766. The van der Waals surface area contributed by atoms with Crippen LogP contribution in [0.1, 0.15) is 32.1 Å². The molecule has 0 radical (unpaired) electrons. The zero-order chi connectivity index (χ0) is 24.9. The molecule has 5 N–H and O–H groups in total. The summed E-state index contributed by atoms with van der Waals surface area (Å²) in [6, 6.07) is 25.2. The molecule has 0 aliphatic carbocycles. The Labute approximate surface area is 204 Å². The van der Waals surface area contributed by atoms with Crippen molar-refractivity contribution in [3.63, 3.8) is 0 Å². The number of anilines is 2. The average molecular weight is 475 g/mol. The average Bonchev–Trinajstić information content (AvgIpc) is 2.89. The van der Waals surface area contributed by atoms with E-state index in [1.165, 1.54) is 0 Å². The molecule has 3 aromatic carbocycles. The molecule has 0 aliphatic rings. The van der Waals surface area contributed by atoms with E-state index in [1.54, 1.807) is 17.6 Å². The summed E-state index contributed by atoms with van der Waals surface area (Å²) in [7, 11) is 0. The molecule has 0 aliphatic heterocycles. The molecule has 0 bridgehead atoms. The maximum absolute atomic E-state index is 12.9. The molecule has 182 valence electrons. The van der Waals surface area contributed by atoms with Gasteiger partial charge in [-0.25, -0.2) is 10.3 Å². The van der Waals surface area contributed by atoms with E-state index in [0.29, 0.717) is 37.1 Å². The van der Waals surface area contributed by atoms with Gasteiger partial charge in [-0.1, -0.05) is 73.5 Å². The lowest BCUT2D eigenvalue weighted by Crippen LogP contribution is -2.45. The predicted molar refractivity (Wildman–Crippen MR) is 136 cm³/mol. The largest absolute Gasteiger partial charge is 0.326 e. The second-order valence-corrected chi connectivity index (χ2v) is 8.08. The number of amides is 4. The number of para-hydroxylation sites is 1. The van der Waals surface area contributed by atoms with Gasteiger partial charge in [-0.05, 0) is 48.2 Å². The minimum atomic E-state index is -0.759. The number of nitrogens with one attached hydrogen (secondary N) is 4. The molecule has 0 saturated heterocycles. The monoisotopic (exact) mass is 474 g/mol. The number of carbonyl (C=O) groups is 3. The van der Waals surface area contributed by atoms with Crippen LogP contribution in [0.15, 0.2) is 84.9 Å². The third-order valence-electron chi connectivity index (χ3n) is 5.43. The molecule has 0 heterocycles. The van der Waals surface area contributed by atoms with Gasteiger partial charge in [0.25, 0.3) is 0 Å². The van der Waals surface area contributed by atoms with Gasteiger partial charge in [-0.15, -0.1) is 0 Å². The molecule has 0 aromatic heterocycles. The third kappa shape index (κ3) is 8.60. The molecule has 0 saturated carbocycles. The summed E-state index contributed by atoms with van der Waals surface area (Å²) in [4.78, 5) is 36.7. The van der Waals surface area contributed by atoms with Crippen molar-refractivity contribution in [2.24, 2.45) is 0 Å². The van der Waals surface area contributed by atoms with Gasteiger partial charge in [-0.3, -0.25) is 14.8 Å². The molecule has 8 nitrogen and oxygen atoms in total.